The number of guanidine groups is 1. The molecule has 0 aliphatic carbocycles. The van der Waals surface area contributed by atoms with Gasteiger partial charge in [0.15, 0.2) is 11.7 Å². The van der Waals surface area contributed by atoms with E-state index in [1.807, 2.05) is 20.0 Å². The zero-order valence-electron chi connectivity index (χ0n) is 15.8. The van der Waals surface area contributed by atoms with E-state index in [0.717, 1.165) is 43.9 Å². The Morgan fingerprint density at radius 2 is 2.04 bits per heavy atom. The second-order valence-electron chi connectivity index (χ2n) is 6.08. The van der Waals surface area contributed by atoms with Gasteiger partial charge in [-0.1, -0.05) is 12.5 Å². The first-order chi connectivity index (χ1) is 12.1. The third kappa shape index (κ3) is 7.92. The average molecular weight is 348 g/mol. The van der Waals surface area contributed by atoms with Gasteiger partial charge in [0.05, 0.1) is 6.26 Å². The quantitative estimate of drug-likeness (QED) is 0.279. The minimum atomic E-state index is -0.163. The molecular weight excluding hydrogens is 316 g/mol. The maximum absolute atomic E-state index is 11.9. The molecule has 0 radical (unpaired) electrons. The Morgan fingerprint density at radius 1 is 1.28 bits per heavy atom. The molecular formula is C19H32N4O2. The molecule has 1 amide bonds. The van der Waals surface area contributed by atoms with Crippen LogP contribution in [0.1, 0.15) is 48.2 Å². The van der Waals surface area contributed by atoms with E-state index >= 15 is 0 Å². The second-order valence-corrected chi connectivity index (χ2v) is 6.08. The Kier molecular flexibility index (Phi) is 10.1. The summed E-state index contributed by atoms with van der Waals surface area (Å²) in [7, 11) is 3.84. The number of amides is 1. The van der Waals surface area contributed by atoms with E-state index in [-0.39, 0.29) is 5.91 Å². The van der Waals surface area contributed by atoms with Crippen molar-refractivity contribution in [3.05, 3.63) is 36.3 Å². The number of unbranched alkanes of at least 4 members (excludes halogenated alkanes) is 3. The predicted octanol–water partition coefficient (Wildman–Crippen LogP) is 2.96. The molecule has 1 heterocycles. The van der Waals surface area contributed by atoms with Crippen LogP contribution in [0.25, 0.3) is 0 Å². The van der Waals surface area contributed by atoms with E-state index in [1.165, 1.54) is 19.1 Å². The molecule has 0 saturated carbocycles. The Balaban J connectivity index is 2.17. The Morgan fingerprint density at radius 3 is 2.68 bits per heavy atom. The van der Waals surface area contributed by atoms with Crippen LogP contribution < -0.4 is 10.6 Å². The summed E-state index contributed by atoms with van der Waals surface area (Å²) in [6.45, 7) is 7.92. The fourth-order valence-corrected chi connectivity index (χ4v) is 2.48. The summed E-state index contributed by atoms with van der Waals surface area (Å²) in [5.41, 5.74) is 0.853. The third-order valence-corrected chi connectivity index (χ3v) is 3.97. The number of hydrogen-bond donors (Lipinski definition) is 2. The molecule has 1 aromatic rings. The number of carbonyl (C=O) groups is 1. The molecule has 0 unspecified atom stereocenters. The van der Waals surface area contributed by atoms with Crippen molar-refractivity contribution < 1.29 is 9.21 Å². The predicted molar refractivity (Wildman–Crippen MR) is 103 cm³/mol. The topological polar surface area (TPSA) is 69.9 Å². The van der Waals surface area contributed by atoms with Gasteiger partial charge in [-0.3, -0.25) is 9.79 Å². The molecule has 1 aromatic heterocycles. The van der Waals surface area contributed by atoms with Crippen LogP contribution in [-0.2, 0) is 0 Å². The van der Waals surface area contributed by atoms with Gasteiger partial charge in [-0.15, -0.1) is 6.58 Å². The fraction of sp³-hybridized carbons (Fsp3) is 0.579. The monoisotopic (exact) mass is 348 g/mol. The zero-order chi connectivity index (χ0) is 18.5. The summed E-state index contributed by atoms with van der Waals surface area (Å²) in [5.74, 6) is 1.11. The largest absolute Gasteiger partial charge is 0.459 e. The molecule has 25 heavy (non-hydrogen) atoms. The van der Waals surface area contributed by atoms with Crippen molar-refractivity contribution >= 4 is 11.9 Å². The van der Waals surface area contributed by atoms with Crippen molar-refractivity contribution in [3.63, 3.8) is 0 Å². The van der Waals surface area contributed by atoms with Crippen molar-refractivity contribution in [2.24, 2.45) is 4.99 Å². The first kappa shape index (κ1) is 20.8. The van der Waals surface area contributed by atoms with Gasteiger partial charge >= 0.3 is 0 Å². The van der Waals surface area contributed by atoms with Crippen molar-refractivity contribution in [1.29, 1.82) is 0 Å². The Labute approximate surface area is 151 Å². The molecule has 2 N–H and O–H groups in total. The minimum Gasteiger partial charge on any atom is -0.459 e. The van der Waals surface area contributed by atoms with E-state index < -0.39 is 0 Å². The highest BCUT2D eigenvalue weighted by molar-refractivity contribution is 5.92. The first-order valence-corrected chi connectivity index (χ1v) is 8.95. The third-order valence-electron chi connectivity index (χ3n) is 3.97. The standard InChI is InChI=1S/C19H32N4O2/c1-5-6-7-8-9-14-23(4)19(20-3)22-13-10-12-21-18(24)17-16(2)11-15-25-17/h5,11,15H,1,6-10,12-14H2,2-4H3,(H,20,22)(H,21,24). The molecule has 6 nitrogen and oxygen atoms in total. The summed E-state index contributed by atoms with van der Waals surface area (Å²) < 4.78 is 5.17. The summed E-state index contributed by atoms with van der Waals surface area (Å²) in [6, 6.07) is 1.79. The van der Waals surface area contributed by atoms with Gasteiger partial charge in [0.1, 0.15) is 0 Å². The molecule has 140 valence electrons. The summed E-state index contributed by atoms with van der Waals surface area (Å²) in [4.78, 5) is 18.4. The number of hydrogen-bond acceptors (Lipinski definition) is 3. The number of nitrogens with zero attached hydrogens (tertiary/aromatic N) is 2. The molecule has 0 atom stereocenters. The van der Waals surface area contributed by atoms with Gasteiger partial charge in [-0.25, -0.2) is 0 Å². The summed E-state index contributed by atoms with van der Waals surface area (Å²) in [6.07, 6.45) is 8.93. The van der Waals surface area contributed by atoms with Crippen LogP contribution in [0.2, 0.25) is 0 Å². The Hall–Kier alpha value is -2.24. The number of allylic oxidation sites excluding steroid dienone is 1. The smallest absolute Gasteiger partial charge is 0.287 e. The van der Waals surface area contributed by atoms with Gasteiger partial charge < -0.3 is 20.0 Å². The average Bonchev–Trinajstić information content (AvgIpc) is 3.03. The van der Waals surface area contributed by atoms with Crippen LogP contribution in [0.5, 0.6) is 0 Å². The molecule has 0 bridgehead atoms. The van der Waals surface area contributed by atoms with Gasteiger partial charge in [0.2, 0.25) is 0 Å². The molecule has 1 rings (SSSR count). The van der Waals surface area contributed by atoms with Crippen LogP contribution in [0.3, 0.4) is 0 Å². The summed E-state index contributed by atoms with van der Waals surface area (Å²) in [5, 5.41) is 6.19. The highest BCUT2D eigenvalue weighted by atomic mass is 16.3. The van der Waals surface area contributed by atoms with E-state index in [9.17, 15) is 4.79 Å². The van der Waals surface area contributed by atoms with E-state index in [1.54, 1.807) is 13.1 Å². The van der Waals surface area contributed by atoms with Crippen LogP contribution >= 0.6 is 0 Å². The number of furan rings is 1. The lowest BCUT2D eigenvalue weighted by atomic mass is 10.2. The van der Waals surface area contributed by atoms with Crippen LogP contribution in [0, 0.1) is 6.92 Å². The van der Waals surface area contributed by atoms with Gasteiger partial charge in [-0.05, 0) is 38.7 Å². The van der Waals surface area contributed by atoms with Crippen molar-refractivity contribution in [1.82, 2.24) is 15.5 Å². The van der Waals surface area contributed by atoms with E-state index in [2.05, 4.69) is 27.1 Å². The van der Waals surface area contributed by atoms with Crippen molar-refractivity contribution in [3.8, 4) is 0 Å². The van der Waals surface area contributed by atoms with Gasteiger partial charge in [0, 0.05) is 39.3 Å². The van der Waals surface area contributed by atoms with Crippen molar-refractivity contribution in [2.45, 2.75) is 39.0 Å². The fourth-order valence-electron chi connectivity index (χ4n) is 2.48. The Bertz CT molecular complexity index is 551. The highest BCUT2D eigenvalue weighted by Gasteiger charge is 2.11. The maximum Gasteiger partial charge on any atom is 0.287 e. The van der Waals surface area contributed by atoms with Gasteiger partial charge in [0.25, 0.3) is 5.91 Å². The normalized spacial score (nSPS) is 11.2. The molecule has 0 spiro atoms. The van der Waals surface area contributed by atoms with Gasteiger partial charge in [-0.2, -0.15) is 0 Å². The van der Waals surface area contributed by atoms with Crippen LogP contribution in [0.4, 0.5) is 0 Å². The van der Waals surface area contributed by atoms with Crippen molar-refractivity contribution in [2.75, 3.05) is 33.7 Å². The molecule has 0 aliphatic rings. The summed E-state index contributed by atoms with van der Waals surface area (Å²) >= 11 is 0. The van der Waals surface area contributed by atoms with E-state index in [0.29, 0.717) is 12.3 Å². The lowest BCUT2D eigenvalue weighted by molar-refractivity contribution is 0.0925. The SMILES string of the molecule is C=CCCCCCN(C)C(=NC)NCCCNC(=O)c1occc1C. The lowest BCUT2D eigenvalue weighted by Crippen LogP contribution is -2.40. The molecule has 0 fully saturated rings. The maximum atomic E-state index is 11.9. The molecule has 6 heteroatoms. The number of aliphatic imine (C=N–C) groups is 1. The number of rotatable bonds is 11. The minimum absolute atomic E-state index is 0.163. The number of nitrogens with one attached hydrogen (secondary N) is 2. The molecule has 0 saturated heterocycles. The molecule has 0 aliphatic heterocycles. The van der Waals surface area contributed by atoms with E-state index in [4.69, 9.17) is 4.42 Å². The lowest BCUT2D eigenvalue weighted by Gasteiger charge is -2.22. The molecule has 0 aromatic carbocycles. The second kappa shape index (κ2) is 12.2. The zero-order valence-corrected chi connectivity index (χ0v) is 15.8. The first-order valence-electron chi connectivity index (χ1n) is 8.95. The number of aryl methyl sites for hydroxylation is 1. The van der Waals surface area contributed by atoms with Crippen LogP contribution in [0.15, 0.2) is 34.4 Å². The van der Waals surface area contributed by atoms with Crippen LogP contribution in [-0.4, -0.2) is 50.5 Å². The highest BCUT2D eigenvalue weighted by Crippen LogP contribution is 2.07. The number of carbonyl (C=O) groups excluding carboxylic acids is 1.